The fourth-order valence-corrected chi connectivity index (χ4v) is 3.73. The molecule has 2 saturated heterocycles. The summed E-state index contributed by atoms with van der Waals surface area (Å²) in [6.45, 7) is 2.05. The van der Waals surface area contributed by atoms with Crippen LogP contribution in [0.2, 0.25) is 0 Å². The van der Waals surface area contributed by atoms with Gasteiger partial charge in [-0.05, 0) is 54.9 Å². The number of furan rings is 1. The summed E-state index contributed by atoms with van der Waals surface area (Å²) in [6.07, 6.45) is 4.15. The second kappa shape index (κ2) is 7.29. The molecule has 0 unspecified atom stereocenters. The number of amides is 1. The molecule has 2 aliphatic heterocycles. The lowest BCUT2D eigenvalue weighted by atomic mass is 10.3. The summed E-state index contributed by atoms with van der Waals surface area (Å²) in [5, 5.41) is 3.34. The van der Waals surface area contributed by atoms with E-state index in [4.69, 9.17) is 9.15 Å². The summed E-state index contributed by atoms with van der Waals surface area (Å²) < 4.78 is 11.0. The first kappa shape index (κ1) is 16.8. The molecule has 0 aliphatic carbocycles. The summed E-state index contributed by atoms with van der Waals surface area (Å²) in [4.78, 5) is 19.4. The third kappa shape index (κ3) is 3.62. The molecule has 0 atom stereocenters. The second-order valence-corrected chi connectivity index (χ2v) is 7.08. The summed E-state index contributed by atoms with van der Waals surface area (Å²) in [5.74, 6) is 2.14. The summed E-state index contributed by atoms with van der Waals surface area (Å²) >= 11 is 1.31. The normalized spacial score (nSPS) is 20.2. The first-order valence-corrected chi connectivity index (χ1v) is 9.31. The Balaban J connectivity index is 1.48. The Hall–Kier alpha value is -2.67. The van der Waals surface area contributed by atoms with Gasteiger partial charge in [0.2, 0.25) is 0 Å². The van der Waals surface area contributed by atoms with Crippen LogP contribution in [0.3, 0.4) is 0 Å². The highest BCUT2D eigenvalue weighted by molar-refractivity contribution is 8.18. The second-order valence-electron chi connectivity index (χ2n) is 6.05. The predicted octanol–water partition coefficient (Wildman–Crippen LogP) is 3.78. The first-order valence-electron chi connectivity index (χ1n) is 8.50. The van der Waals surface area contributed by atoms with Crippen molar-refractivity contribution in [3.63, 3.8) is 0 Å². The van der Waals surface area contributed by atoms with Gasteiger partial charge < -0.3 is 19.4 Å². The van der Waals surface area contributed by atoms with Gasteiger partial charge in [-0.3, -0.25) is 4.79 Å². The topological polar surface area (TPSA) is 67.1 Å². The molecule has 3 heterocycles. The van der Waals surface area contributed by atoms with Crippen LogP contribution in [0.25, 0.3) is 6.08 Å². The first-order chi connectivity index (χ1) is 12.7. The zero-order valence-electron chi connectivity index (χ0n) is 14.4. The minimum atomic E-state index is -0.165. The Morgan fingerprint density at radius 1 is 1.19 bits per heavy atom. The van der Waals surface area contributed by atoms with Crippen LogP contribution >= 0.6 is 11.8 Å². The maximum absolute atomic E-state index is 12.2. The number of nitrogens with one attached hydrogen (secondary N) is 1. The molecule has 2 aliphatic rings. The molecule has 1 aromatic heterocycles. The number of amidine groups is 1. The smallest absolute Gasteiger partial charge is 0.264 e. The van der Waals surface area contributed by atoms with Gasteiger partial charge in [-0.25, -0.2) is 4.99 Å². The van der Waals surface area contributed by atoms with E-state index in [0.29, 0.717) is 15.8 Å². The van der Waals surface area contributed by atoms with E-state index >= 15 is 0 Å². The molecule has 26 heavy (non-hydrogen) atoms. The van der Waals surface area contributed by atoms with Gasteiger partial charge >= 0.3 is 0 Å². The number of hydrogen-bond donors (Lipinski definition) is 1. The SMILES string of the molecule is COc1ccc(N=C2NC(=O)C(=Cc3ccc(N4CCCC4)o3)S2)cc1. The third-order valence-electron chi connectivity index (χ3n) is 4.26. The highest BCUT2D eigenvalue weighted by Crippen LogP contribution is 2.30. The molecule has 0 saturated carbocycles. The average Bonchev–Trinajstić information content (AvgIpc) is 3.38. The molecule has 0 spiro atoms. The van der Waals surface area contributed by atoms with Gasteiger partial charge in [-0.2, -0.15) is 0 Å². The van der Waals surface area contributed by atoms with Crippen molar-refractivity contribution in [3.05, 3.63) is 47.1 Å². The number of hydrogen-bond acceptors (Lipinski definition) is 6. The predicted molar refractivity (Wildman–Crippen MR) is 104 cm³/mol. The molecule has 134 valence electrons. The number of methoxy groups -OCH3 is 1. The van der Waals surface area contributed by atoms with Crippen LogP contribution in [0.15, 0.2) is 50.7 Å². The molecular formula is C19H19N3O3S. The summed E-state index contributed by atoms with van der Waals surface area (Å²) in [6, 6.07) is 11.2. The summed E-state index contributed by atoms with van der Waals surface area (Å²) in [5.41, 5.74) is 0.754. The third-order valence-corrected chi connectivity index (χ3v) is 5.17. The van der Waals surface area contributed by atoms with E-state index in [0.717, 1.165) is 30.4 Å². The van der Waals surface area contributed by atoms with Crippen LogP contribution in [-0.2, 0) is 4.79 Å². The van der Waals surface area contributed by atoms with Gasteiger partial charge in [0.05, 0.1) is 17.7 Å². The molecule has 1 amide bonds. The van der Waals surface area contributed by atoms with Crippen molar-refractivity contribution in [2.45, 2.75) is 12.8 Å². The van der Waals surface area contributed by atoms with Crippen molar-refractivity contribution in [3.8, 4) is 5.75 Å². The van der Waals surface area contributed by atoms with Crippen LogP contribution < -0.4 is 15.0 Å². The van der Waals surface area contributed by atoms with Crippen LogP contribution in [0.4, 0.5) is 11.6 Å². The average molecular weight is 369 g/mol. The number of carbonyl (C=O) groups is 1. The van der Waals surface area contributed by atoms with Crippen molar-refractivity contribution < 1.29 is 13.9 Å². The molecule has 1 aromatic carbocycles. The number of carbonyl (C=O) groups excluding carboxylic acids is 1. The fourth-order valence-electron chi connectivity index (χ4n) is 2.91. The number of aliphatic imine (C=N–C) groups is 1. The zero-order chi connectivity index (χ0) is 17.9. The largest absolute Gasteiger partial charge is 0.497 e. The number of thioether (sulfide) groups is 1. The Bertz CT molecular complexity index is 864. The van der Waals surface area contributed by atoms with Crippen LogP contribution in [-0.4, -0.2) is 31.3 Å². The van der Waals surface area contributed by atoms with Crippen molar-refractivity contribution in [2.24, 2.45) is 4.99 Å². The van der Waals surface area contributed by atoms with E-state index in [1.165, 1.54) is 24.6 Å². The Kier molecular flexibility index (Phi) is 4.71. The molecule has 7 heteroatoms. The Morgan fingerprint density at radius 3 is 2.69 bits per heavy atom. The minimum absolute atomic E-state index is 0.165. The van der Waals surface area contributed by atoms with Crippen LogP contribution in [0.5, 0.6) is 5.75 Å². The lowest BCUT2D eigenvalue weighted by molar-refractivity contribution is -0.115. The Morgan fingerprint density at radius 2 is 1.96 bits per heavy atom. The molecule has 0 bridgehead atoms. The van der Waals surface area contributed by atoms with Gasteiger partial charge in [-0.1, -0.05) is 0 Å². The van der Waals surface area contributed by atoms with Crippen molar-refractivity contribution in [1.82, 2.24) is 5.32 Å². The maximum atomic E-state index is 12.2. The lowest BCUT2D eigenvalue weighted by Crippen LogP contribution is -2.19. The molecule has 0 radical (unpaired) electrons. The number of anilines is 1. The molecule has 2 aromatic rings. The molecule has 4 rings (SSSR count). The van der Waals surface area contributed by atoms with Gasteiger partial charge in [0.15, 0.2) is 11.1 Å². The zero-order valence-corrected chi connectivity index (χ0v) is 15.2. The number of rotatable bonds is 4. The van der Waals surface area contributed by atoms with Gasteiger partial charge in [-0.15, -0.1) is 0 Å². The highest BCUT2D eigenvalue weighted by Gasteiger charge is 2.24. The lowest BCUT2D eigenvalue weighted by Gasteiger charge is -2.12. The molecular weight excluding hydrogens is 350 g/mol. The van der Waals surface area contributed by atoms with Crippen LogP contribution in [0, 0.1) is 0 Å². The molecule has 6 nitrogen and oxygen atoms in total. The summed E-state index contributed by atoms with van der Waals surface area (Å²) in [7, 11) is 1.62. The monoisotopic (exact) mass is 369 g/mol. The quantitative estimate of drug-likeness (QED) is 0.831. The number of ether oxygens (including phenoxy) is 1. The van der Waals surface area contributed by atoms with Gasteiger partial charge in [0, 0.05) is 25.2 Å². The van der Waals surface area contributed by atoms with E-state index in [2.05, 4.69) is 15.2 Å². The van der Waals surface area contributed by atoms with E-state index in [9.17, 15) is 4.79 Å². The van der Waals surface area contributed by atoms with Gasteiger partial charge in [0.1, 0.15) is 11.5 Å². The van der Waals surface area contributed by atoms with Crippen LogP contribution in [0.1, 0.15) is 18.6 Å². The van der Waals surface area contributed by atoms with Crippen molar-refractivity contribution in [2.75, 3.05) is 25.1 Å². The Labute approximate surface area is 155 Å². The molecule has 1 N–H and O–H groups in total. The van der Waals surface area contributed by atoms with E-state index in [1.807, 2.05) is 36.4 Å². The van der Waals surface area contributed by atoms with Crippen molar-refractivity contribution in [1.29, 1.82) is 0 Å². The number of benzene rings is 1. The van der Waals surface area contributed by atoms with Gasteiger partial charge in [0.25, 0.3) is 5.91 Å². The van der Waals surface area contributed by atoms with E-state index in [1.54, 1.807) is 13.2 Å². The highest BCUT2D eigenvalue weighted by atomic mass is 32.2. The standard InChI is InChI=1S/C19H19N3O3S/c1-24-14-6-4-13(5-7-14)20-19-21-18(23)16(26-19)12-15-8-9-17(25-15)22-10-2-3-11-22/h4-9,12H,2-3,10-11H2,1H3,(H,20,21,23). The minimum Gasteiger partial charge on any atom is -0.497 e. The fraction of sp³-hybridized carbons (Fsp3) is 0.263. The maximum Gasteiger partial charge on any atom is 0.264 e. The van der Waals surface area contributed by atoms with Crippen molar-refractivity contribution >= 4 is 40.5 Å². The number of nitrogens with zero attached hydrogens (tertiary/aromatic N) is 2. The molecule has 2 fully saturated rings. The van der Waals surface area contributed by atoms with E-state index < -0.39 is 0 Å². The van der Waals surface area contributed by atoms with E-state index in [-0.39, 0.29) is 5.91 Å².